The van der Waals surface area contributed by atoms with Gasteiger partial charge >= 0.3 is 0 Å². The van der Waals surface area contributed by atoms with Gasteiger partial charge in [-0.15, -0.1) is 0 Å². The minimum atomic E-state index is -0.211. The molecule has 0 unspecified atom stereocenters. The fourth-order valence-corrected chi connectivity index (χ4v) is 2.31. The summed E-state index contributed by atoms with van der Waals surface area (Å²) in [5, 5.41) is 12.9. The monoisotopic (exact) mass is 349 g/mol. The minimum Gasteiger partial charge on any atom is -0.354 e. The number of hydrogen-bond donors (Lipinski definition) is 3. The molecule has 8 heteroatoms. The molecule has 1 amide bonds. The maximum Gasteiger partial charge on any atom is 0.271 e. The predicted octanol–water partition coefficient (Wildman–Crippen LogP) is 2.43. The molecule has 0 fully saturated rings. The molecule has 2 aromatic heterocycles. The molecule has 0 atom stereocenters. The van der Waals surface area contributed by atoms with E-state index >= 15 is 0 Å². The number of hydrogen-bond acceptors (Lipinski definition) is 6. The lowest BCUT2D eigenvalue weighted by atomic mass is 10.1. The zero-order chi connectivity index (χ0) is 18.2. The number of H-pyrrole nitrogens is 1. The smallest absolute Gasteiger partial charge is 0.271 e. The summed E-state index contributed by atoms with van der Waals surface area (Å²) in [6, 6.07) is 13.1. The van der Waals surface area contributed by atoms with Gasteiger partial charge in [-0.2, -0.15) is 10.1 Å². The van der Waals surface area contributed by atoms with Crippen LogP contribution in [0.25, 0.3) is 11.3 Å². The summed E-state index contributed by atoms with van der Waals surface area (Å²) in [6.45, 7) is 4.56. The molecule has 0 aliphatic carbocycles. The van der Waals surface area contributed by atoms with Gasteiger partial charge in [0, 0.05) is 25.4 Å². The molecule has 2 heterocycles. The van der Waals surface area contributed by atoms with E-state index in [-0.39, 0.29) is 5.91 Å². The quantitative estimate of drug-likeness (QED) is 0.427. The number of amides is 1. The van der Waals surface area contributed by atoms with Crippen molar-refractivity contribution in [1.82, 2.24) is 25.5 Å². The second kappa shape index (κ2) is 8.52. The maximum atomic E-state index is 12.1. The van der Waals surface area contributed by atoms with Crippen LogP contribution in [0.3, 0.4) is 0 Å². The van der Waals surface area contributed by atoms with Crippen LogP contribution in [0.15, 0.2) is 53.7 Å². The van der Waals surface area contributed by atoms with E-state index in [1.165, 1.54) is 0 Å². The van der Waals surface area contributed by atoms with Gasteiger partial charge in [-0.3, -0.25) is 9.89 Å². The molecule has 26 heavy (non-hydrogen) atoms. The van der Waals surface area contributed by atoms with Crippen molar-refractivity contribution in [1.29, 1.82) is 0 Å². The zero-order valence-electron chi connectivity index (χ0n) is 14.1. The number of aliphatic imine (C=N–C) groups is 1. The summed E-state index contributed by atoms with van der Waals surface area (Å²) in [4.78, 5) is 24.1. The SMILES string of the molecule is C=Nc1ccnc(NCCCNC(=O)c2cc(-c3ccccc3)[nH]n2)n1. The van der Waals surface area contributed by atoms with Gasteiger partial charge in [-0.1, -0.05) is 30.3 Å². The average Bonchev–Trinajstić information content (AvgIpc) is 3.19. The zero-order valence-corrected chi connectivity index (χ0v) is 14.1. The molecule has 3 aromatic rings. The van der Waals surface area contributed by atoms with Gasteiger partial charge in [0.25, 0.3) is 5.91 Å². The number of aromatic nitrogens is 4. The molecular weight excluding hydrogens is 330 g/mol. The second-order valence-corrected chi connectivity index (χ2v) is 5.47. The van der Waals surface area contributed by atoms with E-state index in [1.807, 2.05) is 30.3 Å². The Kier molecular flexibility index (Phi) is 5.66. The van der Waals surface area contributed by atoms with Crippen LogP contribution in [0.2, 0.25) is 0 Å². The Morgan fingerprint density at radius 1 is 1.19 bits per heavy atom. The summed E-state index contributed by atoms with van der Waals surface area (Å²) < 4.78 is 0. The number of nitrogens with one attached hydrogen (secondary N) is 3. The number of nitrogens with zero attached hydrogens (tertiary/aromatic N) is 4. The Morgan fingerprint density at radius 2 is 2.04 bits per heavy atom. The van der Waals surface area contributed by atoms with E-state index < -0.39 is 0 Å². The van der Waals surface area contributed by atoms with Crippen LogP contribution < -0.4 is 10.6 Å². The number of carbonyl (C=O) groups is 1. The molecule has 0 aliphatic rings. The molecule has 0 spiro atoms. The summed E-state index contributed by atoms with van der Waals surface area (Å²) >= 11 is 0. The highest BCUT2D eigenvalue weighted by Crippen LogP contribution is 2.16. The summed E-state index contributed by atoms with van der Waals surface area (Å²) in [7, 11) is 0. The van der Waals surface area contributed by atoms with Crippen molar-refractivity contribution >= 4 is 24.4 Å². The Hall–Kier alpha value is -3.55. The predicted molar refractivity (Wildman–Crippen MR) is 101 cm³/mol. The van der Waals surface area contributed by atoms with Crippen LogP contribution in [0.5, 0.6) is 0 Å². The first-order chi connectivity index (χ1) is 12.8. The van der Waals surface area contributed by atoms with E-state index in [9.17, 15) is 4.79 Å². The lowest BCUT2D eigenvalue weighted by molar-refractivity contribution is 0.0948. The second-order valence-electron chi connectivity index (χ2n) is 5.47. The number of carbonyl (C=O) groups excluding carboxylic acids is 1. The van der Waals surface area contributed by atoms with E-state index in [2.05, 4.69) is 42.5 Å². The van der Waals surface area contributed by atoms with Crippen molar-refractivity contribution in [2.24, 2.45) is 4.99 Å². The van der Waals surface area contributed by atoms with Crippen molar-refractivity contribution in [2.75, 3.05) is 18.4 Å². The molecular formula is C18H19N7O. The fourth-order valence-electron chi connectivity index (χ4n) is 2.31. The molecule has 8 nitrogen and oxygen atoms in total. The van der Waals surface area contributed by atoms with Crippen LogP contribution in [0.1, 0.15) is 16.9 Å². The molecule has 0 saturated carbocycles. The normalized spacial score (nSPS) is 10.3. The van der Waals surface area contributed by atoms with Crippen molar-refractivity contribution in [3.05, 3.63) is 54.4 Å². The van der Waals surface area contributed by atoms with Gasteiger partial charge in [-0.05, 0) is 24.8 Å². The topological polar surface area (TPSA) is 108 Å². The average molecular weight is 349 g/mol. The van der Waals surface area contributed by atoms with E-state index in [4.69, 9.17) is 0 Å². The van der Waals surface area contributed by atoms with Crippen molar-refractivity contribution in [3.63, 3.8) is 0 Å². The van der Waals surface area contributed by atoms with Crippen LogP contribution in [-0.2, 0) is 0 Å². The van der Waals surface area contributed by atoms with Gasteiger partial charge in [0.1, 0.15) is 0 Å². The standard InChI is InChI=1S/C18H19N7O/c1-19-16-8-11-22-18(23-16)21-10-5-9-20-17(26)15-12-14(24-25-15)13-6-3-2-4-7-13/h2-4,6-8,11-12H,1,5,9-10H2,(H,20,26)(H,24,25)(H,21,22,23). The Bertz CT molecular complexity index is 876. The molecule has 0 saturated heterocycles. The first-order valence-electron chi connectivity index (χ1n) is 8.19. The van der Waals surface area contributed by atoms with Crippen molar-refractivity contribution in [3.8, 4) is 11.3 Å². The van der Waals surface area contributed by atoms with Gasteiger partial charge in [0.15, 0.2) is 11.5 Å². The molecule has 132 valence electrons. The number of anilines is 1. The van der Waals surface area contributed by atoms with Gasteiger partial charge in [0.2, 0.25) is 5.95 Å². The van der Waals surface area contributed by atoms with E-state index in [0.717, 1.165) is 17.7 Å². The van der Waals surface area contributed by atoms with Crippen LogP contribution >= 0.6 is 0 Å². The first kappa shape index (κ1) is 17.3. The molecule has 0 aliphatic heterocycles. The lowest BCUT2D eigenvalue weighted by Gasteiger charge is -2.05. The summed E-state index contributed by atoms with van der Waals surface area (Å²) in [5.74, 6) is 0.794. The van der Waals surface area contributed by atoms with Gasteiger partial charge in [-0.25, -0.2) is 9.98 Å². The van der Waals surface area contributed by atoms with Crippen LogP contribution in [0.4, 0.5) is 11.8 Å². The van der Waals surface area contributed by atoms with Gasteiger partial charge < -0.3 is 10.6 Å². The van der Waals surface area contributed by atoms with Crippen LogP contribution in [-0.4, -0.2) is 45.9 Å². The Morgan fingerprint density at radius 3 is 2.85 bits per heavy atom. The van der Waals surface area contributed by atoms with Crippen molar-refractivity contribution in [2.45, 2.75) is 6.42 Å². The third-order valence-electron chi connectivity index (χ3n) is 3.62. The molecule has 0 radical (unpaired) electrons. The van der Waals surface area contributed by atoms with E-state index in [1.54, 1.807) is 18.3 Å². The highest BCUT2D eigenvalue weighted by molar-refractivity contribution is 5.93. The fraction of sp³-hybridized carbons (Fsp3) is 0.167. The minimum absolute atomic E-state index is 0.211. The summed E-state index contributed by atoms with van der Waals surface area (Å²) in [5.41, 5.74) is 2.16. The highest BCUT2D eigenvalue weighted by atomic mass is 16.1. The van der Waals surface area contributed by atoms with E-state index in [0.29, 0.717) is 30.5 Å². The van der Waals surface area contributed by atoms with Gasteiger partial charge in [0.05, 0.1) is 5.69 Å². The third-order valence-corrected chi connectivity index (χ3v) is 3.62. The lowest BCUT2D eigenvalue weighted by Crippen LogP contribution is -2.26. The molecule has 3 rings (SSSR count). The first-order valence-corrected chi connectivity index (χ1v) is 8.19. The maximum absolute atomic E-state index is 12.1. The number of rotatable bonds is 8. The number of benzene rings is 1. The molecule has 0 bridgehead atoms. The number of aromatic amines is 1. The third kappa shape index (κ3) is 4.50. The molecule has 3 N–H and O–H groups in total. The van der Waals surface area contributed by atoms with Crippen LogP contribution in [0, 0.1) is 0 Å². The van der Waals surface area contributed by atoms with Crippen molar-refractivity contribution < 1.29 is 4.79 Å². The Balaban J connectivity index is 1.43. The largest absolute Gasteiger partial charge is 0.354 e. The summed E-state index contributed by atoms with van der Waals surface area (Å²) in [6.07, 6.45) is 2.33. The Labute approximate surface area is 150 Å². The highest BCUT2D eigenvalue weighted by Gasteiger charge is 2.10. The molecule has 1 aromatic carbocycles.